The number of ether oxygens (including phenoxy) is 1. The van der Waals surface area contributed by atoms with Crippen LogP contribution >= 0.6 is 0 Å². The Kier molecular flexibility index (Phi) is 8.11. The number of amides is 1. The summed E-state index contributed by atoms with van der Waals surface area (Å²) < 4.78 is 37.1. The molecule has 35 heavy (non-hydrogen) atoms. The minimum Gasteiger partial charge on any atom is -0.504 e. The highest BCUT2D eigenvalue weighted by atomic mass is 32.2. The minimum atomic E-state index is -3.35. The molecule has 1 atom stereocenters. The smallest absolute Gasteiger partial charge is 0.227 e. The second kappa shape index (κ2) is 10.7. The molecule has 1 amide bonds. The Morgan fingerprint density at radius 2 is 1.89 bits per heavy atom. The van der Waals surface area contributed by atoms with Crippen LogP contribution < -0.4 is 15.5 Å². The molecule has 1 fully saturated rings. The van der Waals surface area contributed by atoms with Crippen molar-refractivity contribution in [2.24, 2.45) is 0 Å². The summed E-state index contributed by atoms with van der Waals surface area (Å²) in [6, 6.07) is 5.42. The number of nitrogens with zero attached hydrogens (tertiary/aromatic N) is 1. The largest absolute Gasteiger partial charge is 0.504 e. The molecule has 3 rings (SSSR count). The number of hydrogen-bond acceptors (Lipinski definition) is 8. The molecular formula is C24H32N2O8S. The molecule has 192 valence electrons. The maximum Gasteiger partial charge on any atom is 0.227 e. The number of nitrogens with one attached hydrogen (secondary N) is 1. The minimum absolute atomic E-state index is 0.0595. The zero-order valence-electron chi connectivity index (χ0n) is 20.3. The Bertz CT molecular complexity index is 1230. The fourth-order valence-electron chi connectivity index (χ4n) is 4.16. The number of aromatic hydroxyl groups is 2. The first-order chi connectivity index (χ1) is 16.4. The Hall–Kier alpha value is -3.05. The Morgan fingerprint density at radius 3 is 2.49 bits per heavy atom. The molecular weight excluding hydrogens is 476 g/mol. The normalized spacial score (nSPS) is 16.3. The summed E-state index contributed by atoms with van der Waals surface area (Å²) >= 11 is 0. The Balaban J connectivity index is 1.81. The monoisotopic (exact) mass is 508 g/mol. The predicted molar refractivity (Wildman–Crippen MR) is 129 cm³/mol. The van der Waals surface area contributed by atoms with Crippen LogP contribution in [-0.2, 0) is 14.8 Å². The van der Waals surface area contributed by atoms with E-state index in [1.165, 1.54) is 23.5 Å². The van der Waals surface area contributed by atoms with E-state index in [-0.39, 0.29) is 41.4 Å². The van der Waals surface area contributed by atoms with E-state index in [2.05, 4.69) is 5.32 Å². The highest BCUT2D eigenvalue weighted by Crippen LogP contribution is 2.37. The number of carbonyl (C=O) groups is 1. The molecule has 1 aliphatic heterocycles. The van der Waals surface area contributed by atoms with Gasteiger partial charge >= 0.3 is 0 Å². The van der Waals surface area contributed by atoms with Crippen molar-refractivity contribution in [1.82, 2.24) is 9.62 Å². The average molecular weight is 509 g/mol. The molecule has 0 spiro atoms. The van der Waals surface area contributed by atoms with Gasteiger partial charge in [-0.1, -0.05) is 6.07 Å². The molecule has 0 radical (unpaired) electrons. The number of methoxy groups -OCH3 is 1. The van der Waals surface area contributed by atoms with Crippen LogP contribution in [0.3, 0.4) is 0 Å². The van der Waals surface area contributed by atoms with Gasteiger partial charge in [-0.05, 0) is 51.3 Å². The van der Waals surface area contributed by atoms with Crippen molar-refractivity contribution in [3.05, 3.63) is 51.6 Å². The number of phenols is 1. The molecule has 10 nitrogen and oxygen atoms in total. The fourth-order valence-corrected chi connectivity index (χ4v) is 5.48. The van der Waals surface area contributed by atoms with Gasteiger partial charge in [-0.3, -0.25) is 9.59 Å². The summed E-state index contributed by atoms with van der Waals surface area (Å²) in [7, 11) is -1.96. The van der Waals surface area contributed by atoms with Gasteiger partial charge in [-0.15, -0.1) is 0 Å². The van der Waals surface area contributed by atoms with Crippen LogP contribution in [0.25, 0.3) is 0 Å². The highest BCUT2D eigenvalue weighted by molar-refractivity contribution is 7.89. The number of sulfonamides is 1. The highest BCUT2D eigenvalue weighted by Gasteiger charge is 2.32. The second-order valence-corrected chi connectivity index (χ2v) is 11.4. The van der Waals surface area contributed by atoms with Crippen molar-refractivity contribution in [2.75, 3.05) is 20.2 Å². The van der Waals surface area contributed by atoms with Crippen LogP contribution in [0.2, 0.25) is 0 Å². The lowest BCUT2D eigenvalue weighted by Crippen LogP contribution is -2.48. The molecule has 0 bridgehead atoms. The maximum atomic E-state index is 13.0. The summed E-state index contributed by atoms with van der Waals surface area (Å²) in [6.07, 6.45) is 0.790. The third-order valence-electron chi connectivity index (χ3n) is 6.16. The Labute approximate surface area is 204 Å². The van der Waals surface area contributed by atoms with E-state index >= 15 is 0 Å². The fraction of sp³-hybridized carbons (Fsp3) is 0.500. The van der Waals surface area contributed by atoms with Gasteiger partial charge in [0.2, 0.25) is 27.1 Å². The molecule has 11 heteroatoms. The van der Waals surface area contributed by atoms with Crippen molar-refractivity contribution in [2.45, 2.75) is 57.2 Å². The van der Waals surface area contributed by atoms with Gasteiger partial charge in [0.15, 0.2) is 17.3 Å². The van der Waals surface area contributed by atoms with Gasteiger partial charge in [-0.25, -0.2) is 12.7 Å². The molecule has 0 aliphatic carbocycles. The van der Waals surface area contributed by atoms with E-state index in [0.29, 0.717) is 31.5 Å². The first-order valence-corrected chi connectivity index (χ1v) is 12.9. The predicted octanol–water partition coefficient (Wildman–Crippen LogP) is 2.21. The van der Waals surface area contributed by atoms with Crippen molar-refractivity contribution in [3.63, 3.8) is 0 Å². The van der Waals surface area contributed by atoms with Crippen molar-refractivity contribution < 1.29 is 32.6 Å². The summed E-state index contributed by atoms with van der Waals surface area (Å²) in [5, 5.41) is 22.8. The van der Waals surface area contributed by atoms with Crippen molar-refractivity contribution in [3.8, 4) is 17.2 Å². The molecule has 1 aliphatic rings. The third kappa shape index (κ3) is 5.96. The molecule has 3 N–H and O–H groups in total. The van der Waals surface area contributed by atoms with Crippen LogP contribution in [-0.4, -0.2) is 60.3 Å². The third-order valence-corrected chi connectivity index (χ3v) is 8.44. The summed E-state index contributed by atoms with van der Waals surface area (Å²) in [6.45, 7) is 5.48. The van der Waals surface area contributed by atoms with Crippen LogP contribution in [0.15, 0.2) is 33.5 Å². The van der Waals surface area contributed by atoms with Gasteiger partial charge in [0, 0.05) is 31.6 Å². The zero-order chi connectivity index (χ0) is 25.9. The van der Waals surface area contributed by atoms with E-state index in [0.717, 1.165) is 6.07 Å². The van der Waals surface area contributed by atoms with Gasteiger partial charge in [0.25, 0.3) is 0 Å². The molecule has 1 saturated heterocycles. The van der Waals surface area contributed by atoms with Crippen LogP contribution in [0, 0.1) is 6.92 Å². The first-order valence-electron chi connectivity index (χ1n) is 11.4. The van der Waals surface area contributed by atoms with Crippen LogP contribution in [0.4, 0.5) is 0 Å². The molecule has 1 aromatic heterocycles. The molecule has 2 heterocycles. The lowest BCUT2D eigenvalue weighted by atomic mass is 9.91. The number of rotatable bonds is 8. The van der Waals surface area contributed by atoms with Crippen molar-refractivity contribution in [1.29, 1.82) is 0 Å². The van der Waals surface area contributed by atoms with Gasteiger partial charge in [-0.2, -0.15) is 0 Å². The average Bonchev–Trinajstić information content (AvgIpc) is 2.80. The quantitative estimate of drug-likeness (QED) is 0.492. The number of aryl methyl sites for hydroxylation is 1. The summed E-state index contributed by atoms with van der Waals surface area (Å²) in [5.41, 5.74) is -0.129. The van der Waals surface area contributed by atoms with E-state index in [1.54, 1.807) is 26.8 Å². The standard InChI is InChI=1S/C24H32N2O8S/c1-14(2)35(31,32)26-9-7-17(8-10-26)25-22(29)13-18(16-5-6-19(27)21(12-16)33-4)24-23(30)20(28)11-15(3)34-24/h5-6,11-12,14,17-18,27,30H,7-10,13H2,1-4H3,(H,25,29)/t18-/m0/s1. The maximum absolute atomic E-state index is 13.0. The summed E-state index contributed by atoms with van der Waals surface area (Å²) in [4.78, 5) is 25.2. The van der Waals surface area contributed by atoms with E-state index in [9.17, 15) is 28.2 Å². The lowest BCUT2D eigenvalue weighted by molar-refractivity contribution is -0.122. The second-order valence-electron chi connectivity index (χ2n) is 8.96. The van der Waals surface area contributed by atoms with Crippen molar-refractivity contribution >= 4 is 15.9 Å². The number of carbonyl (C=O) groups excluding carboxylic acids is 1. The van der Waals surface area contributed by atoms with Gasteiger partial charge in [0.1, 0.15) is 5.76 Å². The molecule has 2 aromatic rings. The topological polar surface area (TPSA) is 146 Å². The summed E-state index contributed by atoms with van der Waals surface area (Å²) in [5.74, 6) is -1.49. The zero-order valence-corrected chi connectivity index (χ0v) is 21.1. The van der Waals surface area contributed by atoms with E-state index in [1.807, 2.05) is 0 Å². The molecule has 1 aromatic carbocycles. The van der Waals surface area contributed by atoms with Crippen LogP contribution in [0.5, 0.6) is 17.2 Å². The van der Waals surface area contributed by atoms with Crippen LogP contribution in [0.1, 0.15) is 56.1 Å². The number of piperidine rings is 1. The number of phenolic OH excluding ortho intramolecular Hbond substituents is 1. The van der Waals surface area contributed by atoms with Gasteiger partial charge < -0.3 is 24.7 Å². The first kappa shape index (κ1) is 26.6. The SMILES string of the molecule is COc1cc([C@H](CC(=O)NC2CCN(S(=O)(=O)C(C)C)CC2)c2oc(C)cc(=O)c2O)ccc1O. The van der Waals surface area contributed by atoms with Gasteiger partial charge in [0.05, 0.1) is 18.3 Å². The molecule has 0 saturated carbocycles. The van der Waals surface area contributed by atoms with E-state index < -0.39 is 32.4 Å². The number of hydrogen-bond donors (Lipinski definition) is 3. The van der Waals surface area contributed by atoms with E-state index in [4.69, 9.17) is 9.15 Å². The number of benzene rings is 1. The Morgan fingerprint density at radius 1 is 1.23 bits per heavy atom. The molecule has 0 unspecified atom stereocenters. The lowest BCUT2D eigenvalue weighted by Gasteiger charge is -2.33.